The SMILES string of the molecule is OCCc1ccc2c(c1CCCN1CCNCC1)Nc1ccccc1S2. The van der Waals surface area contributed by atoms with Gasteiger partial charge in [-0.15, -0.1) is 0 Å². The summed E-state index contributed by atoms with van der Waals surface area (Å²) < 4.78 is 0. The summed E-state index contributed by atoms with van der Waals surface area (Å²) in [4.78, 5) is 5.12. The van der Waals surface area contributed by atoms with Crippen molar-refractivity contribution < 1.29 is 5.11 Å². The lowest BCUT2D eigenvalue weighted by molar-refractivity contribution is 0.238. The maximum atomic E-state index is 9.49. The normalized spacial score (nSPS) is 16.7. The molecule has 26 heavy (non-hydrogen) atoms. The molecule has 2 aliphatic rings. The molecular weight excluding hydrogens is 342 g/mol. The molecule has 0 saturated carbocycles. The van der Waals surface area contributed by atoms with Crippen molar-refractivity contribution in [2.75, 3.05) is 44.6 Å². The Bertz CT molecular complexity index is 759. The third kappa shape index (κ3) is 3.91. The van der Waals surface area contributed by atoms with Crippen molar-refractivity contribution in [2.45, 2.75) is 29.1 Å². The van der Waals surface area contributed by atoms with E-state index in [0.717, 1.165) is 52.0 Å². The molecule has 0 amide bonds. The average Bonchev–Trinajstić information content (AvgIpc) is 2.69. The molecule has 2 heterocycles. The van der Waals surface area contributed by atoms with Crippen molar-refractivity contribution in [2.24, 2.45) is 0 Å². The minimum Gasteiger partial charge on any atom is -0.396 e. The number of fused-ring (bicyclic) bond motifs is 2. The highest BCUT2D eigenvalue weighted by molar-refractivity contribution is 7.99. The third-order valence-corrected chi connectivity index (χ3v) is 6.37. The zero-order chi connectivity index (χ0) is 17.8. The minimum absolute atomic E-state index is 0.202. The standard InChI is InChI=1S/C21H27N3OS/c25-15-9-16-7-8-20-21(23-18-5-1-2-6-19(18)26-20)17(16)4-3-12-24-13-10-22-11-14-24/h1-2,5-8,22-23,25H,3-4,9-15H2. The quantitative estimate of drug-likeness (QED) is 0.623. The van der Waals surface area contributed by atoms with E-state index in [1.54, 1.807) is 0 Å². The molecular formula is C21H27N3OS. The molecule has 1 fully saturated rings. The van der Waals surface area contributed by atoms with Crippen LogP contribution in [-0.2, 0) is 12.8 Å². The predicted molar refractivity (Wildman–Crippen MR) is 109 cm³/mol. The highest BCUT2D eigenvalue weighted by Gasteiger charge is 2.20. The first-order valence-corrected chi connectivity index (χ1v) is 10.4. The summed E-state index contributed by atoms with van der Waals surface area (Å²) >= 11 is 1.84. The Morgan fingerprint density at radius 2 is 1.85 bits per heavy atom. The van der Waals surface area contributed by atoms with E-state index in [4.69, 9.17) is 0 Å². The van der Waals surface area contributed by atoms with E-state index >= 15 is 0 Å². The zero-order valence-corrected chi connectivity index (χ0v) is 15.9. The van der Waals surface area contributed by atoms with Gasteiger partial charge >= 0.3 is 0 Å². The number of nitrogens with zero attached hydrogens (tertiary/aromatic N) is 1. The van der Waals surface area contributed by atoms with Gasteiger partial charge in [0.25, 0.3) is 0 Å². The zero-order valence-electron chi connectivity index (χ0n) is 15.1. The largest absolute Gasteiger partial charge is 0.396 e. The van der Waals surface area contributed by atoms with Crippen LogP contribution in [0.2, 0.25) is 0 Å². The monoisotopic (exact) mass is 369 g/mol. The summed E-state index contributed by atoms with van der Waals surface area (Å²) in [6.07, 6.45) is 2.94. The molecule has 3 N–H and O–H groups in total. The van der Waals surface area contributed by atoms with E-state index in [1.165, 1.54) is 32.3 Å². The molecule has 0 aromatic heterocycles. The summed E-state index contributed by atoms with van der Waals surface area (Å²) in [5.74, 6) is 0. The minimum atomic E-state index is 0.202. The topological polar surface area (TPSA) is 47.5 Å². The van der Waals surface area contributed by atoms with Crippen LogP contribution in [0.5, 0.6) is 0 Å². The highest BCUT2D eigenvalue weighted by Crippen LogP contribution is 2.46. The molecule has 138 valence electrons. The van der Waals surface area contributed by atoms with Crippen LogP contribution in [0.25, 0.3) is 0 Å². The highest BCUT2D eigenvalue weighted by atomic mass is 32.2. The fraction of sp³-hybridized carbons (Fsp3) is 0.429. The summed E-state index contributed by atoms with van der Waals surface area (Å²) in [6.45, 7) is 5.85. The number of aliphatic hydroxyl groups is 1. The molecule has 2 aromatic carbocycles. The summed E-state index contributed by atoms with van der Waals surface area (Å²) in [5, 5.41) is 16.6. The van der Waals surface area contributed by atoms with Crippen LogP contribution in [0.3, 0.4) is 0 Å². The van der Waals surface area contributed by atoms with Gasteiger partial charge in [-0.3, -0.25) is 0 Å². The van der Waals surface area contributed by atoms with Gasteiger partial charge in [-0.2, -0.15) is 0 Å². The lowest BCUT2D eigenvalue weighted by Crippen LogP contribution is -2.43. The number of nitrogens with one attached hydrogen (secondary N) is 2. The van der Waals surface area contributed by atoms with Crippen LogP contribution < -0.4 is 10.6 Å². The number of para-hydroxylation sites is 1. The number of anilines is 2. The third-order valence-electron chi connectivity index (χ3n) is 5.23. The van der Waals surface area contributed by atoms with Crippen LogP contribution in [0.15, 0.2) is 46.2 Å². The average molecular weight is 370 g/mol. The second-order valence-electron chi connectivity index (χ2n) is 6.97. The lowest BCUT2D eigenvalue weighted by atomic mass is 9.97. The lowest BCUT2D eigenvalue weighted by Gasteiger charge is -2.28. The van der Waals surface area contributed by atoms with Crippen molar-refractivity contribution in [3.8, 4) is 0 Å². The second-order valence-corrected chi connectivity index (χ2v) is 8.05. The van der Waals surface area contributed by atoms with Crippen LogP contribution in [-0.4, -0.2) is 49.3 Å². The number of rotatable bonds is 6. The predicted octanol–water partition coefficient (Wildman–Crippen LogP) is 3.27. The van der Waals surface area contributed by atoms with E-state index in [0.29, 0.717) is 0 Å². The number of hydrogen-bond acceptors (Lipinski definition) is 5. The molecule has 1 saturated heterocycles. The van der Waals surface area contributed by atoms with Gasteiger partial charge in [-0.1, -0.05) is 30.0 Å². The molecule has 0 bridgehead atoms. The van der Waals surface area contributed by atoms with Crippen LogP contribution >= 0.6 is 11.8 Å². The molecule has 2 aromatic rings. The number of piperazine rings is 1. The van der Waals surface area contributed by atoms with E-state index in [-0.39, 0.29) is 6.61 Å². The number of aliphatic hydroxyl groups excluding tert-OH is 1. The molecule has 0 atom stereocenters. The van der Waals surface area contributed by atoms with E-state index in [1.807, 2.05) is 11.8 Å². The molecule has 5 heteroatoms. The maximum Gasteiger partial charge on any atom is 0.0561 e. The Balaban J connectivity index is 1.54. The van der Waals surface area contributed by atoms with Gasteiger partial charge < -0.3 is 20.6 Å². The Hall–Kier alpha value is -1.53. The van der Waals surface area contributed by atoms with Crippen molar-refractivity contribution in [3.05, 3.63) is 47.5 Å². The first-order valence-electron chi connectivity index (χ1n) is 9.58. The maximum absolute atomic E-state index is 9.49. The molecule has 0 unspecified atom stereocenters. The number of benzene rings is 2. The van der Waals surface area contributed by atoms with Gasteiger partial charge in [-0.05, 0) is 55.1 Å². The second kappa shape index (κ2) is 8.44. The van der Waals surface area contributed by atoms with E-state index < -0.39 is 0 Å². The van der Waals surface area contributed by atoms with Crippen molar-refractivity contribution in [1.29, 1.82) is 0 Å². The molecule has 0 radical (unpaired) electrons. The van der Waals surface area contributed by atoms with Gasteiger partial charge in [0.15, 0.2) is 0 Å². The van der Waals surface area contributed by atoms with Gasteiger partial charge in [0, 0.05) is 42.6 Å². The fourth-order valence-electron chi connectivity index (χ4n) is 3.86. The van der Waals surface area contributed by atoms with Crippen molar-refractivity contribution in [1.82, 2.24) is 10.2 Å². The molecule has 0 spiro atoms. The fourth-order valence-corrected chi connectivity index (χ4v) is 4.88. The van der Waals surface area contributed by atoms with E-state index in [2.05, 4.69) is 51.9 Å². The first kappa shape index (κ1) is 17.9. The van der Waals surface area contributed by atoms with Crippen molar-refractivity contribution >= 4 is 23.1 Å². The van der Waals surface area contributed by atoms with Crippen LogP contribution in [0, 0.1) is 0 Å². The number of hydrogen-bond donors (Lipinski definition) is 3. The Morgan fingerprint density at radius 1 is 1.00 bits per heavy atom. The summed E-state index contributed by atoms with van der Waals surface area (Å²) in [5.41, 5.74) is 5.10. The Morgan fingerprint density at radius 3 is 2.69 bits per heavy atom. The summed E-state index contributed by atoms with van der Waals surface area (Å²) in [7, 11) is 0. The van der Waals surface area contributed by atoms with Gasteiger partial charge in [0.05, 0.1) is 11.4 Å². The van der Waals surface area contributed by atoms with E-state index in [9.17, 15) is 5.11 Å². The van der Waals surface area contributed by atoms with Gasteiger partial charge in [-0.25, -0.2) is 0 Å². The molecule has 0 aliphatic carbocycles. The first-order chi connectivity index (χ1) is 12.8. The molecule has 4 nitrogen and oxygen atoms in total. The Labute approximate surface area is 160 Å². The van der Waals surface area contributed by atoms with Crippen molar-refractivity contribution in [3.63, 3.8) is 0 Å². The van der Waals surface area contributed by atoms with Gasteiger partial charge in [0.2, 0.25) is 0 Å². The van der Waals surface area contributed by atoms with Gasteiger partial charge in [0.1, 0.15) is 0 Å². The summed E-state index contributed by atoms with van der Waals surface area (Å²) in [6, 6.07) is 12.9. The molecule has 4 rings (SSSR count). The molecule has 2 aliphatic heterocycles. The Kier molecular flexibility index (Phi) is 5.80. The van der Waals surface area contributed by atoms with Crippen LogP contribution in [0.4, 0.5) is 11.4 Å². The smallest absolute Gasteiger partial charge is 0.0561 e. The van der Waals surface area contributed by atoms with Crippen LogP contribution in [0.1, 0.15) is 17.5 Å².